The quantitative estimate of drug-likeness (QED) is 0.434. The molecule has 158 valence electrons. The van der Waals surface area contributed by atoms with Gasteiger partial charge in [0.1, 0.15) is 22.6 Å². The summed E-state index contributed by atoms with van der Waals surface area (Å²) >= 11 is 1.77. The Bertz CT molecular complexity index is 1300. The fourth-order valence-corrected chi connectivity index (χ4v) is 5.42. The summed E-state index contributed by atoms with van der Waals surface area (Å²) in [5.41, 5.74) is 4.97. The van der Waals surface area contributed by atoms with E-state index in [1.165, 1.54) is 16.0 Å². The molecule has 0 N–H and O–H groups in total. The van der Waals surface area contributed by atoms with E-state index in [1.54, 1.807) is 23.8 Å². The van der Waals surface area contributed by atoms with Crippen molar-refractivity contribution in [3.8, 4) is 5.00 Å². The van der Waals surface area contributed by atoms with Crippen molar-refractivity contribution in [1.29, 1.82) is 0 Å². The second-order valence-corrected chi connectivity index (χ2v) is 9.64. The van der Waals surface area contributed by atoms with Gasteiger partial charge in [-0.3, -0.25) is 9.56 Å². The second-order valence-electron chi connectivity index (χ2n) is 8.44. The number of hydrogen-bond acceptors (Lipinski definition) is 6. The molecular formula is C24H25N5OS. The topological polar surface area (TPSA) is 69.1 Å². The van der Waals surface area contributed by atoms with Gasteiger partial charge in [0.05, 0.1) is 17.8 Å². The summed E-state index contributed by atoms with van der Waals surface area (Å²) in [6, 6.07) is 8.58. The van der Waals surface area contributed by atoms with Crippen LogP contribution in [0.4, 0.5) is 0 Å². The lowest BCUT2D eigenvalue weighted by Gasteiger charge is -2.29. The summed E-state index contributed by atoms with van der Waals surface area (Å²) in [5.74, 6) is 2.16. The third-order valence-corrected chi connectivity index (χ3v) is 7.61. The van der Waals surface area contributed by atoms with Crippen LogP contribution in [-0.2, 0) is 5.54 Å². The Labute approximate surface area is 185 Å². The lowest BCUT2D eigenvalue weighted by atomic mass is 9.85. The molecule has 1 aromatic carbocycles. The molecular weight excluding hydrogens is 406 g/mol. The van der Waals surface area contributed by atoms with E-state index in [9.17, 15) is 0 Å². The Balaban J connectivity index is 1.87. The van der Waals surface area contributed by atoms with E-state index >= 15 is 0 Å². The van der Waals surface area contributed by atoms with Crippen molar-refractivity contribution in [2.75, 3.05) is 0 Å². The highest BCUT2D eigenvalue weighted by molar-refractivity contribution is 7.15. The van der Waals surface area contributed by atoms with Gasteiger partial charge in [-0.05, 0) is 40.2 Å². The lowest BCUT2D eigenvalue weighted by Crippen LogP contribution is -2.31. The van der Waals surface area contributed by atoms with Crippen LogP contribution in [0.15, 0.2) is 46.1 Å². The highest BCUT2D eigenvalue weighted by Crippen LogP contribution is 2.45. The molecule has 0 fully saturated rings. The van der Waals surface area contributed by atoms with Crippen LogP contribution >= 0.6 is 11.3 Å². The van der Waals surface area contributed by atoms with Crippen LogP contribution in [0.2, 0.25) is 0 Å². The fraction of sp³-hybridized carbons (Fsp3) is 0.333. The van der Waals surface area contributed by atoms with Crippen molar-refractivity contribution < 1.29 is 4.42 Å². The number of benzene rings is 1. The molecule has 7 heteroatoms. The zero-order valence-electron chi connectivity index (χ0n) is 18.6. The molecule has 1 aliphatic heterocycles. The predicted octanol–water partition coefficient (Wildman–Crippen LogP) is 5.42. The molecule has 3 aromatic heterocycles. The Morgan fingerprint density at radius 3 is 2.48 bits per heavy atom. The number of fused-ring (bicyclic) bond motifs is 3. The first-order chi connectivity index (χ1) is 14.8. The summed E-state index contributed by atoms with van der Waals surface area (Å²) < 4.78 is 7.87. The number of aliphatic imine (C=N–C) groups is 1. The molecule has 0 bridgehead atoms. The van der Waals surface area contributed by atoms with Crippen molar-refractivity contribution in [1.82, 2.24) is 19.7 Å². The van der Waals surface area contributed by atoms with Gasteiger partial charge >= 0.3 is 0 Å². The summed E-state index contributed by atoms with van der Waals surface area (Å²) in [5, 5.41) is 10.2. The molecule has 0 saturated heterocycles. The minimum absolute atomic E-state index is 0.138. The van der Waals surface area contributed by atoms with Crippen LogP contribution in [-0.4, -0.2) is 25.5 Å². The Hall–Kier alpha value is -3.06. The maximum absolute atomic E-state index is 5.70. The molecule has 4 aromatic rings. The molecule has 0 saturated carbocycles. The summed E-state index contributed by atoms with van der Waals surface area (Å²) in [6.45, 7) is 12.6. The van der Waals surface area contributed by atoms with Crippen molar-refractivity contribution >= 4 is 17.0 Å². The minimum atomic E-state index is -0.717. The van der Waals surface area contributed by atoms with Gasteiger partial charge in [0.2, 0.25) is 0 Å². The normalized spacial score (nSPS) is 18.8. The largest absolute Gasteiger partial charge is 0.449 e. The minimum Gasteiger partial charge on any atom is -0.449 e. The second kappa shape index (κ2) is 6.99. The van der Waals surface area contributed by atoms with Crippen LogP contribution in [0.25, 0.3) is 5.00 Å². The van der Waals surface area contributed by atoms with Crippen molar-refractivity contribution in [3.05, 3.63) is 81.4 Å². The fourth-order valence-electron chi connectivity index (χ4n) is 4.22. The van der Waals surface area contributed by atoms with Gasteiger partial charge in [-0.25, -0.2) is 4.98 Å². The average Bonchev–Trinajstić information content (AvgIpc) is 3.46. The molecule has 1 aliphatic rings. The Kier molecular flexibility index (Phi) is 4.48. The first-order valence-corrected chi connectivity index (χ1v) is 11.2. The van der Waals surface area contributed by atoms with Crippen LogP contribution in [0.3, 0.4) is 0 Å². The van der Waals surface area contributed by atoms with Gasteiger partial charge in [-0.15, -0.1) is 21.5 Å². The van der Waals surface area contributed by atoms with E-state index in [-0.39, 0.29) is 5.92 Å². The molecule has 0 radical (unpaired) electrons. The van der Waals surface area contributed by atoms with E-state index in [0.29, 0.717) is 5.89 Å². The van der Waals surface area contributed by atoms with Gasteiger partial charge in [0.25, 0.3) is 0 Å². The third kappa shape index (κ3) is 2.91. The molecule has 2 unspecified atom stereocenters. The van der Waals surface area contributed by atoms with Crippen LogP contribution in [0, 0.1) is 27.7 Å². The number of aryl methyl sites for hydroxylation is 3. The number of hydrogen-bond donors (Lipinski definition) is 0. The van der Waals surface area contributed by atoms with Crippen LogP contribution in [0.5, 0.6) is 0 Å². The molecule has 0 spiro atoms. The van der Waals surface area contributed by atoms with E-state index in [1.807, 2.05) is 6.92 Å². The summed E-state index contributed by atoms with van der Waals surface area (Å²) in [4.78, 5) is 11.1. The van der Waals surface area contributed by atoms with Gasteiger partial charge in [-0.1, -0.05) is 36.8 Å². The smallest absolute Gasteiger partial charge is 0.199 e. The standard InChI is InChI=1S/C24H25N5OS/c1-13-7-9-18(10-8-13)20-19-14(2)16(4)31-22(19)29-17(5)27-28-23(29)24(6,26-20)15(3)21-25-11-12-30-21/h7-12,15H,1-6H3. The maximum Gasteiger partial charge on any atom is 0.199 e. The van der Waals surface area contributed by atoms with Crippen LogP contribution in [0.1, 0.15) is 64.4 Å². The molecule has 6 nitrogen and oxygen atoms in total. The zero-order valence-corrected chi connectivity index (χ0v) is 19.4. The zero-order chi connectivity index (χ0) is 21.9. The molecule has 4 heterocycles. The van der Waals surface area contributed by atoms with Gasteiger partial charge < -0.3 is 4.42 Å². The molecule has 31 heavy (non-hydrogen) atoms. The van der Waals surface area contributed by atoms with Gasteiger partial charge in [0.15, 0.2) is 11.7 Å². The number of aromatic nitrogens is 4. The monoisotopic (exact) mass is 431 g/mol. The first kappa shape index (κ1) is 19.9. The van der Waals surface area contributed by atoms with Crippen molar-refractivity contribution in [3.63, 3.8) is 0 Å². The van der Waals surface area contributed by atoms with Crippen LogP contribution < -0.4 is 0 Å². The molecule has 2 atom stereocenters. The highest BCUT2D eigenvalue weighted by Gasteiger charge is 2.45. The summed E-state index contributed by atoms with van der Waals surface area (Å²) in [7, 11) is 0. The number of nitrogens with zero attached hydrogens (tertiary/aromatic N) is 5. The maximum atomic E-state index is 5.70. The predicted molar refractivity (Wildman–Crippen MR) is 123 cm³/mol. The van der Waals surface area contributed by atoms with E-state index in [2.05, 4.69) is 78.6 Å². The number of thiophene rings is 1. The molecule has 0 amide bonds. The highest BCUT2D eigenvalue weighted by atomic mass is 32.1. The molecule has 0 aliphatic carbocycles. The number of rotatable bonds is 3. The van der Waals surface area contributed by atoms with Gasteiger partial charge in [-0.2, -0.15) is 0 Å². The van der Waals surface area contributed by atoms with Gasteiger partial charge in [0, 0.05) is 16.0 Å². The van der Waals surface area contributed by atoms with Crippen molar-refractivity contribution in [2.24, 2.45) is 4.99 Å². The van der Waals surface area contributed by atoms with E-state index < -0.39 is 5.54 Å². The molecule has 5 rings (SSSR count). The van der Waals surface area contributed by atoms with E-state index in [4.69, 9.17) is 9.41 Å². The number of oxazole rings is 1. The Morgan fingerprint density at radius 2 is 1.81 bits per heavy atom. The summed E-state index contributed by atoms with van der Waals surface area (Å²) in [6.07, 6.45) is 3.29. The average molecular weight is 432 g/mol. The van der Waals surface area contributed by atoms with Crippen molar-refractivity contribution in [2.45, 2.75) is 53.0 Å². The SMILES string of the molecule is Cc1ccc(C2=NC(C)(C(C)c3ncco3)c3nnc(C)n3-c3sc(C)c(C)c32)cc1. The lowest BCUT2D eigenvalue weighted by molar-refractivity contribution is 0.325. The third-order valence-electron chi connectivity index (χ3n) is 6.42. The Morgan fingerprint density at radius 1 is 1.06 bits per heavy atom. The first-order valence-electron chi connectivity index (χ1n) is 10.4. The van der Waals surface area contributed by atoms with E-state index in [0.717, 1.165) is 33.5 Å².